The number of halogens is 3. The molecule has 2 N–H and O–H groups in total. The van der Waals surface area contributed by atoms with E-state index in [4.69, 9.17) is 16.7 Å². The van der Waals surface area contributed by atoms with Crippen molar-refractivity contribution < 1.29 is 23.4 Å². The number of ether oxygens (including phenoxy) is 1. The Morgan fingerprint density at radius 3 is 2.33 bits per heavy atom. The van der Waals surface area contributed by atoms with E-state index in [-0.39, 0.29) is 24.8 Å². The first-order valence-electron chi connectivity index (χ1n) is 9.65. The van der Waals surface area contributed by atoms with Crippen molar-refractivity contribution in [3.8, 4) is 5.75 Å². The van der Waals surface area contributed by atoms with Gasteiger partial charge in [0.2, 0.25) is 5.95 Å². The first-order chi connectivity index (χ1) is 15.6. The summed E-state index contributed by atoms with van der Waals surface area (Å²) in [6, 6.07) is 12.0. The van der Waals surface area contributed by atoms with Crippen LogP contribution in [0, 0.1) is 5.92 Å². The summed E-state index contributed by atoms with van der Waals surface area (Å²) in [6.45, 7) is -1.97. The van der Waals surface area contributed by atoms with Crippen LogP contribution < -0.4 is 21.4 Å². The fourth-order valence-electron chi connectivity index (χ4n) is 2.90. The number of benzene rings is 2. The third-order valence-electron chi connectivity index (χ3n) is 4.62. The molecule has 0 fully saturated rings. The Labute approximate surface area is 190 Å². The molecule has 3 rings (SSSR count). The third kappa shape index (κ3) is 6.16. The van der Waals surface area contributed by atoms with Crippen LogP contribution in [-0.2, 0) is 17.9 Å². The van der Waals surface area contributed by atoms with E-state index in [1.54, 1.807) is 24.3 Å². The number of aromatic nitrogens is 3. The van der Waals surface area contributed by atoms with Crippen molar-refractivity contribution in [1.82, 2.24) is 14.1 Å². The van der Waals surface area contributed by atoms with Gasteiger partial charge in [0.15, 0.2) is 0 Å². The molecule has 1 heterocycles. The largest absolute Gasteiger partial charge is 0.481 e. The van der Waals surface area contributed by atoms with E-state index < -0.39 is 29.9 Å². The molecule has 0 amide bonds. The minimum absolute atomic E-state index is 0.000352. The van der Waals surface area contributed by atoms with Gasteiger partial charge in [-0.05, 0) is 42.0 Å². The van der Waals surface area contributed by atoms with Crippen LogP contribution in [0.4, 0.5) is 20.4 Å². The molecule has 9 nitrogen and oxygen atoms in total. The Morgan fingerprint density at radius 1 is 1.12 bits per heavy atom. The van der Waals surface area contributed by atoms with Gasteiger partial charge in [0.1, 0.15) is 5.75 Å². The first-order valence-corrected chi connectivity index (χ1v) is 10.0. The van der Waals surface area contributed by atoms with Gasteiger partial charge in [-0.1, -0.05) is 30.7 Å². The molecule has 2 aromatic carbocycles. The lowest BCUT2D eigenvalue weighted by molar-refractivity contribution is -0.141. The van der Waals surface area contributed by atoms with E-state index in [2.05, 4.69) is 15.0 Å². The normalized spacial score (nSPS) is 11.9. The van der Waals surface area contributed by atoms with Crippen molar-refractivity contribution in [3.63, 3.8) is 0 Å². The zero-order valence-electron chi connectivity index (χ0n) is 17.2. The molecule has 0 aliphatic rings. The van der Waals surface area contributed by atoms with Crippen molar-refractivity contribution in [3.05, 3.63) is 80.1 Å². The Balaban J connectivity index is 2.02. The fraction of sp³-hybridized carbons (Fsp3) is 0.238. The molecular weight excluding hydrogens is 462 g/mol. The Kier molecular flexibility index (Phi) is 7.44. The summed E-state index contributed by atoms with van der Waals surface area (Å²) in [5.74, 6) is -2.34. The number of aliphatic carboxylic acids is 1. The summed E-state index contributed by atoms with van der Waals surface area (Å²) in [6.07, 6.45) is 0. The van der Waals surface area contributed by atoms with Crippen LogP contribution in [0.5, 0.6) is 5.75 Å². The third-order valence-corrected chi connectivity index (χ3v) is 4.87. The number of nitrogens with one attached hydrogen (secondary N) is 1. The Hall–Kier alpha value is -3.73. The zero-order valence-corrected chi connectivity index (χ0v) is 18.0. The lowest BCUT2D eigenvalue weighted by atomic mass is 10.2. The number of carboxylic acids is 1. The Bertz CT molecular complexity index is 1240. The number of rotatable bonds is 9. The van der Waals surface area contributed by atoms with Gasteiger partial charge >= 0.3 is 24.0 Å². The average molecular weight is 481 g/mol. The quantitative estimate of drug-likeness (QED) is 0.483. The molecule has 0 spiro atoms. The minimum Gasteiger partial charge on any atom is -0.481 e. The fourth-order valence-corrected chi connectivity index (χ4v) is 3.02. The lowest BCUT2D eigenvalue weighted by Gasteiger charge is -2.17. The summed E-state index contributed by atoms with van der Waals surface area (Å²) in [4.78, 5) is 40.8. The van der Waals surface area contributed by atoms with Crippen LogP contribution in [0.3, 0.4) is 0 Å². The van der Waals surface area contributed by atoms with Crippen molar-refractivity contribution in [2.24, 2.45) is 5.92 Å². The maximum absolute atomic E-state index is 13.1. The SMILES string of the molecule is C[C@@H](Cn1c(=O)nc(Nc2ccc(OC(F)F)cc2)n(Cc2ccc(Cl)cc2)c1=O)C(=O)O. The smallest absolute Gasteiger partial charge is 0.387 e. The molecule has 0 saturated heterocycles. The summed E-state index contributed by atoms with van der Waals surface area (Å²) in [5.41, 5.74) is -0.674. The van der Waals surface area contributed by atoms with Crippen LogP contribution in [0.15, 0.2) is 58.1 Å². The highest BCUT2D eigenvalue weighted by atomic mass is 35.5. The summed E-state index contributed by atoms with van der Waals surface area (Å²) < 4.78 is 30.9. The molecule has 0 radical (unpaired) electrons. The molecule has 0 aliphatic carbocycles. The van der Waals surface area contributed by atoms with Gasteiger partial charge in [0.25, 0.3) is 0 Å². The van der Waals surface area contributed by atoms with Gasteiger partial charge in [-0.2, -0.15) is 13.8 Å². The predicted molar refractivity (Wildman–Crippen MR) is 116 cm³/mol. The molecule has 0 aliphatic heterocycles. The van der Waals surface area contributed by atoms with Gasteiger partial charge in [-0.3, -0.25) is 9.36 Å². The molecule has 174 valence electrons. The van der Waals surface area contributed by atoms with E-state index in [1.807, 2.05) is 0 Å². The van der Waals surface area contributed by atoms with Crippen LogP contribution in [0.25, 0.3) is 0 Å². The molecule has 3 aromatic rings. The van der Waals surface area contributed by atoms with E-state index in [1.165, 1.54) is 35.8 Å². The van der Waals surface area contributed by atoms with E-state index in [0.717, 1.165) is 4.57 Å². The maximum Gasteiger partial charge on any atom is 0.387 e. The second kappa shape index (κ2) is 10.3. The molecule has 0 unspecified atom stereocenters. The van der Waals surface area contributed by atoms with Crippen molar-refractivity contribution in [1.29, 1.82) is 0 Å². The second-order valence-electron chi connectivity index (χ2n) is 7.09. The van der Waals surface area contributed by atoms with Crippen LogP contribution in [-0.4, -0.2) is 31.8 Å². The lowest BCUT2D eigenvalue weighted by Crippen LogP contribution is -2.44. The van der Waals surface area contributed by atoms with Gasteiger partial charge in [0, 0.05) is 17.3 Å². The highest BCUT2D eigenvalue weighted by Gasteiger charge is 2.19. The maximum atomic E-state index is 13.1. The zero-order chi connectivity index (χ0) is 24.1. The Morgan fingerprint density at radius 2 is 1.76 bits per heavy atom. The number of hydrogen-bond acceptors (Lipinski definition) is 6. The number of nitrogens with zero attached hydrogens (tertiary/aromatic N) is 3. The number of carbonyl (C=O) groups is 1. The highest BCUT2D eigenvalue weighted by molar-refractivity contribution is 6.30. The van der Waals surface area contributed by atoms with Crippen LogP contribution >= 0.6 is 11.6 Å². The standard InChI is InChI=1S/C21H19ClF2N4O5/c1-12(17(29)30)10-28-20(31)26-19(25-15-6-8-16(9-7-15)33-18(23)24)27(21(28)32)11-13-2-4-14(22)5-3-13/h2-9,12,18H,10-11H2,1H3,(H,29,30)(H,25,26,31)/t12-/m0/s1. The summed E-state index contributed by atoms with van der Waals surface area (Å²) in [5, 5.41) is 12.5. The molecular formula is C21H19ClF2N4O5. The van der Waals surface area contributed by atoms with E-state index in [9.17, 15) is 23.2 Å². The molecule has 1 aromatic heterocycles. The number of carboxylic acid groups (broad SMARTS) is 1. The van der Waals surface area contributed by atoms with Gasteiger partial charge < -0.3 is 15.2 Å². The molecule has 0 bridgehead atoms. The number of alkyl halides is 2. The monoisotopic (exact) mass is 480 g/mol. The van der Waals surface area contributed by atoms with Crippen molar-refractivity contribution in [2.75, 3.05) is 5.32 Å². The highest BCUT2D eigenvalue weighted by Crippen LogP contribution is 2.20. The van der Waals surface area contributed by atoms with Crippen molar-refractivity contribution >= 4 is 29.2 Å². The average Bonchev–Trinajstić information content (AvgIpc) is 2.76. The van der Waals surface area contributed by atoms with E-state index >= 15 is 0 Å². The van der Waals surface area contributed by atoms with Crippen molar-refractivity contribution in [2.45, 2.75) is 26.6 Å². The number of hydrogen-bond donors (Lipinski definition) is 2. The van der Waals surface area contributed by atoms with Crippen LogP contribution in [0.1, 0.15) is 12.5 Å². The van der Waals surface area contributed by atoms with Gasteiger partial charge in [-0.15, -0.1) is 0 Å². The van der Waals surface area contributed by atoms with Crippen LogP contribution in [0.2, 0.25) is 5.02 Å². The summed E-state index contributed by atoms with van der Waals surface area (Å²) >= 11 is 5.91. The van der Waals surface area contributed by atoms with Gasteiger partial charge in [-0.25, -0.2) is 14.2 Å². The molecule has 0 saturated carbocycles. The molecule has 12 heteroatoms. The van der Waals surface area contributed by atoms with E-state index in [0.29, 0.717) is 16.3 Å². The number of anilines is 2. The minimum atomic E-state index is -2.98. The van der Waals surface area contributed by atoms with Gasteiger partial charge in [0.05, 0.1) is 12.5 Å². The first kappa shape index (κ1) is 23.9. The molecule has 1 atom stereocenters. The molecule has 33 heavy (non-hydrogen) atoms. The summed E-state index contributed by atoms with van der Waals surface area (Å²) in [7, 11) is 0. The second-order valence-corrected chi connectivity index (χ2v) is 7.53. The predicted octanol–water partition coefficient (Wildman–Crippen LogP) is 3.17. The topological polar surface area (TPSA) is 115 Å².